The van der Waals surface area contributed by atoms with Crippen LogP contribution in [0.2, 0.25) is 0 Å². The maximum atomic E-state index is 12.2. The lowest BCUT2D eigenvalue weighted by Crippen LogP contribution is -2.44. The quantitative estimate of drug-likeness (QED) is 0.741. The van der Waals surface area contributed by atoms with Crippen LogP contribution in [0.4, 0.5) is 0 Å². The first-order chi connectivity index (χ1) is 8.56. The predicted octanol–water partition coefficient (Wildman–Crippen LogP) is 2.69. The third-order valence-corrected chi connectivity index (χ3v) is 4.37. The first-order valence-corrected chi connectivity index (χ1v) is 7.56. The van der Waals surface area contributed by atoms with Crippen molar-refractivity contribution in [1.82, 2.24) is 5.32 Å². The molecule has 0 spiro atoms. The van der Waals surface area contributed by atoms with Gasteiger partial charge < -0.3 is 11.1 Å². The highest BCUT2D eigenvalue weighted by atomic mass is 16.2. The van der Waals surface area contributed by atoms with E-state index in [-0.39, 0.29) is 11.8 Å². The Morgan fingerprint density at radius 2 is 1.72 bits per heavy atom. The van der Waals surface area contributed by atoms with Gasteiger partial charge in [-0.25, -0.2) is 0 Å². The number of hydrogen-bond donors (Lipinski definition) is 2. The number of nitrogens with one attached hydrogen (secondary N) is 1. The van der Waals surface area contributed by atoms with Gasteiger partial charge in [0.1, 0.15) is 0 Å². The average Bonchev–Trinajstić information content (AvgIpc) is 2.57. The van der Waals surface area contributed by atoms with Gasteiger partial charge in [0.05, 0.1) is 5.92 Å². The zero-order valence-corrected chi connectivity index (χ0v) is 12.2. The standard InChI is InChI=1S/C15H30N2O/c1-11(2)14(10-16)15(18)17-12(3)13-8-6-4-5-7-9-13/h11-14H,4-10,16H2,1-3H3,(H,17,18)/t12-,14?/m1/s1. The smallest absolute Gasteiger partial charge is 0.224 e. The fourth-order valence-corrected chi connectivity index (χ4v) is 2.94. The van der Waals surface area contributed by atoms with Crippen molar-refractivity contribution in [2.24, 2.45) is 23.5 Å². The van der Waals surface area contributed by atoms with E-state index >= 15 is 0 Å². The van der Waals surface area contributed by atoms with Crippen molar-refractivity contribution in [3.63, 3.8) is 0 Å². The van der Waals surface area contributed by atoms with Crippen LogP contribution in [0, 0.1) is 17.8 Å². The highest BCUT2D eigenvalue weighted by Gasteiger charge is 2.25. The molecule has 1 unspecified atom stereocenters. The van der Waals surface area contributed by atoms with Gasteiger partial charge in [-0.2, -0.15) is 0 Å². The Morgan fingerprint density at radius 1 is 1.17 bits per heavy atom. The van der Waals surface area contributed by atoms with E-state index in [0.717, 1.165) is 0 Å². The Hall–Kier alpha value is -0.570. The van der Waals surface area contributed by atoms with Gasteiger partial charge in [0.15, 0.2) is 0 Å². The minimum atomic E-state index is -0.0433. The number of hydrogen-bond acceptors (Lipinski definition) is 2. The Balaban J connectivity index is 2.46. The van der Waals surface area contributed by atoms with Crippen molar-refractivity contribution in [2.45, 2.75) is 65.3 Å². The van der Waals surface area contributed by atoms with Crippen LogP contribution in [0.5, 0.6) is 0 Å². The highest BCUT2D eigenvalue weighted by molar-refractivity contribution is 5.79. The summed E-state index contributed by atoms with van der Waals surface area (Å²) in [6, 6.07) is 0.295. The van der Waals surface area contributed by atoms with E-state index < -0.39 is 0 Å². The van der Waals surface area contributed by atoms with Crippen molar-refractivity contribution >= 4 is 5.91 Å². The molecule has 3 heteroatoms. The normalized spacial score (nSPS) is 21.4. The van der Waals surface area contributed by atoms with Crippen LogP contribution in [0.15, 0.2) is 0 Å². The van der Waals surface area contributed by atoms with Crippen LogP contribution in [0.3, 0.4) is 0 Å². The van der Waals surface area contributed by atoms with Crippen molar-refractivity contribution < 1.29 is 4.79 Å². The molecule has 1 fully saturated rings. The van der Waals surface area contributed by atoms with Gasteiger partial charge in [-0.15, -0.1) is 0 Å². The predicted molar refractivity (Wildman–Crippen MR) is 76.2 cm³/mol. The summed E-state index contributed by atoms with van der Waals surface area (Å²) in [6.07, 6.45) is 7.86. The zero-order chi connectivity index (χ0) is 13.5. The summed E-state index contributed by atoms with van der Waals surface area (Å²) in [4.78, 5) is 12.2. The zero-order valence-electron chi connectivity index (χ0n) is 12.2. The molecular weight excluding hydrogens is 224 g/mol. The molecule has 0 saturated heterocycles. The Labute approximate surface area is 112 Å². The number of carbonyl (C=O) groups is 1. The molecule has 0 bridgehead atoms. The van der Waals surface area contributed by atoms with E-state index in [0.29, 0.717) is 24.4 Å². The monoisotopic (exact) mass is 254 g/mol. The van der Waals surface area contributed by atoms with E-state index in [1.807, 2.05) is 0 Å². The first-order valence-electron chi connectivity index (χ1n) is 7.56. The Morgan fingerprint density at radius 3 is 2.17 bits per heavy atom. The van der Waals surface area contributed by atoms with Gasteiger partial charge >= 0.3 is 0 Å². The lowest BCUT2D eigenvalue weighted by molar-refractivity contribution is -0.127. The average molecular weight is 254 g/mol. The molecule has 0 aliphatic heterocycles. The molecule has 0 aromatic carbocycles. The third-order valence-electron chi connectivity index (χ3n) is 4.37. The molecule has 106 valence electrons. The minimum absolute atomic E-state index is 0.0433. The number of rotatable bonds is 5. The molecule has 2 atom stereocenters. The second-order valence-electron chi connectivity index (χ2n) is 6.14. The van der Waals surface area contributed by atoms with E-state index in [4.69, 9.17) is 5.73 Å². The van der Waals surface area contributed by atoms with E-state index in [2.05, 4.69) is 26.1 Å². The van der Waals surface area contributed by atoms with E-state index in [1.165, 1.54) is 38.5 Å². The van der Waals surface area contributed by atoms with Crippen molar-refractivity contribution in [1.29, 1.82) is 0 Å². The van der Waals surface area contributed by atoms with Gasteiger partial charge in [0, 0.05) is 12.6 Å². The van der Waals surface area contributed by atoms with Crippen LogP contribution in [0.25, 0.3) is 0 Å². The van der Waals surface area contributed by atoms with Crippen molar-refractivity contribution in [3.8, 4) is 0 Å². The van der Waals surface area contributed by atoms with Crippen LogP contribution < -0.4 is 11.1 Å². The Kier molecular flexibility index (Phi) is 6.69. The van der Waals surface area contributed by atoms with Crippen LogP contribution in [-0.4, -0.2) is 18.5 Å². The number of nitrogens with two attached hydrogens (primary N) is 1. The summed E-state index contributed by atoms with van der Waals surface area (Å²) in [5.41, 5.74) is 5.69. The molecule has 1 saturated carbocycles. The van der Waals surface area contributed by atoms with Crippen LogP contribution in [0.1, 0.15) is 59.3 Å². The summed E-state index contributed by atoms with van der Waals surface area (Å²) in [5.74, 6) is 1.07. The Bertz CT molecular complexity index is 245. The van der Waals surface area contributed by atoms with Gasteiger partial charge in [-0.3, -0.25) is 4.79 Å². The maximum absolute atomic E-state index is 12.2. The summed E-state index contributed by atoms with van der Waals surface area (Å²) in [5, 5.41) is 3.19. The van der Waals surface area contributed by atoms with Gasteiger partial charge in [-0.1, -0.05) is 39.5 Å². The van der Waals surface area contributed by atoms with E-state index in [1.54, 1.807) is 0 Å². The lowest BCUT2D eigenvalue weighted by Gasteiger charge is -2.27. The lowest BCUT2D eigenvalue weighted by atomic mass is 9.90. The SMILES string of the molecule is CC(C)C(CN)C(=O)N[C@H](C)C1CCCCCC1. The molecule has 3 nitrogen and oxygen atoms in total. The molecule has 3 N–H and O–H groups in total. The summed E-state index contributed by atoms with van der Waals surface area (Å²) in [6.45, 7) is 6.73. The molecule has 1 aliphatic carbocycles. The molecule has 18 heavy (non-hydrogen) atoms. The topological polar surface area (TPSA) is 55.1 Å². The number of carbonyl (C=O) groups excluding carboxylic acids is 1. The molecular formula is C15H30N2O. The number of amides is 1. The van der Waals surface area contributed by atoms with Gasteiger partial charge in [-0.05, 0) is 31.6 Å². The summed E-state index contributed by atoms with van der Waals surface area (Å²) in [7, 11) is 0. The third kappa shape index (κ3) is 4.60. The fourth-order valence-electron chi connectivity index (χ4n) is 2.94. The molecule has 0 heterocycles. The van der Waals surface area contributed by atoms with Crippen LogP contribution in [-0.2, 0) is 4.79 Å². The molecule has 1 rings (SSSR count). The first kappa shape index (κ1) is 15.5. The van der Waals surface area contributed by atoms with Gasteiger partial charge in [0.2, 0.25) is 5.91 Å². The second kappa shape index (κ2) is 7.78. The fraction of sp³-hybridized carbons (Fsp3) is 0.933. The van der Waals surface area contributed by atoms with Crippen molar-refractivity contribution in [3.05, 3.63) is 0 Å². The van der Waals surface area contributed by atoms with Gasteiger partial charge in [0.25, 0.3) is 0 Å². The molecule has 0 aromatic rings. The molecule has 0 aromatic heterocycles. The summed E-state index contributed by atoms with van der Waals surface area (Å²) < 4.78 is 0. The second-order valence-corrected chi connectivity index (χ2v) is 6.14. The van der Waals surface area contributed by atoms with E-state index in [9.17, 15) is 4.79 Å². The highest BCUT2D eigenvalue weighted by Crippen LogP contribution is 2.25. The molecule has 0 radical (unpaired) electrons. The van der Waals surface area contributed by atoms with Crippen molar-refractivity contribution in [2.75, 3.05) is 6.54 Å². The largest absolute Gasteiger partial charge is 0.353 e. The minimum Gasteiger partial charge on any atom is -0.353 e. The molecule has 1 amide bonds. The maximum Gasteiger partial charge on any atom is 0.224 e. The van der Waals surface area contributed by atoms with Crippen LogP contribution >= 0.6 is 0 Å². The molecule has 1 aliphatic rings. The summed E-state index contributed by atoms with van der Waals surface area (Å²) >= 11 is 0.